The highest BCUT2D eigenvalue weighted by atomic mass is 79.9. The summed E-state index contributed by atoms with van der Waals surface area (Å²) < 4.78 is 11.1. The highest BCUT2D eigenvalue weighted by Gasteiger charge is 2.27. The van der Waals surface area contributed by atoms with Crippen molar-refractivity contribution in [1.82, 2.24) is 3.45 Å². The number of rotatable bonds is 2. The molecule has 4 nitrogen and oxygen atoms in total. The van der Waals surface area contributed by atoms with E-state index in [4.69, 9.17) is 21.6 Å². The van der Waals surface area contributed by atoms with Gasteiger partial charge in [0.2, 0.25) is 0 Å². The van der Waals surface area contributed by atoms with Crippen LogP contribution in [0.4, 0.5) is 0 Å². The summed E-state index contributed by atoms with van der Waals surface area (Å²) in [6.45, 7) is 1.31. The maximum absolute atomic E-state index is 10.3. The molecule has 56 valence electrons. The Morgan fingerprint density at radius 3 is 2.11 bits per heavy atom. The summed E-state index contributed by atoms with van der Waals surface area (Å²) >= 11 is 7.85. The zero-order chi connectivity index (χ0) is 7.65. The van der Waals surface area contributed by atoms with Crippen LogP contribution in [-0.2, 0) is 4.57 Å². The van der Waals surface area contributed by atoms with Gasteiger partial charge >= 0.3 is 7.60 Å². The van der Waals surface area contributed by atoms with E-state index < -0.39 is 13.4 Å². The molecule has 0 rings (SSSR count). The standard InChI is InChI=1S/C2H6BrClNO3P/c1-2(5(3)4)9(6,7)8/h2H,1H3,(H2,6,7,8). The van der Waals surface area contributed by atoms with E-state index in [-0.39, 0.29) is 0 Å². The first-order chi connectivity index (χ1) is 3.85. The van der Waals surface area contributed by atoms with Crippen LogP contribution in [0.5, 0.6) is 0 Å². The van der Waals surface area contributed by atoms with Crippen molar-refractivity contribution in [3.63, 3.8) is 0 Å². The van der Waals surface area contributed by atoms with E-state index in [9.17, 15) is 4.57 Å². The van der Waals surface area contributed by atoms with E-state index in [1.165, 1.54) is 6.92 Å². The zero-order valence-corrected chi connectivity index (χ0v) is 7.77. The number of hydrogen-bond donors (Lipinski definition) is 2. The van der Waals surface area contributed by atoms with Gasteiger partial charge in [-0.3, -0.25) is 4.57 Å². The molecule has 7 heteroatoms. The van der Waals surface area contributed by atoms with Crippen LogP contribution in [-0.4, -0.2) is 19.0 Å². The monoisotopic (exact) mass is 237 g/mol. The Hall–Kier alpha value is 0.880. The molecule has 0 aromatic carbocycles. The van der Waals surface area contributed by atoms with E-state index in [0.717, 1.165) is 3.45 Å². The molecular formula is C2H6BrClNO3P. The SMILES string of the molecule is CC(N(Cl)Br)P(=O)(O)O. The molecule has 0 bridgehead atoms. The Bertz CT molecular complexity index is 136. The molecule has 0 spiro atoms. The molecule has 0 aliphatic rings. The Morgan fingerprint density at radius 2 is 2.11 bits per heavy atom. The molecule has 0 saturated carbocycles. The Morgan fingerprint density at radius 1 is 1.78 bits per heavy atom. The number of hydrogen-bond acceptors (Lipinski definition) is 2. The van der Waals surface area contributed by atoms with Crippen LogP contribution in [0.3, 0.4) is 0 Å². The second-order valence-corrected chi connectivity index (χ2v) is 4.94. The van der Waals surface area contributed by atoms with Crippen LogP contribution >= 0.6 is 35.5 Å². The van der Waals surface area contributed by atoms with Crippen LogP contribution < -0.4 is 0 Å². The fourth-order valence-corrected chi connectivity index (χ4v) is 1.40. The van der Waals surface area contributed by atoms with Crippen molar-refractivity contribution in [1.29, 1.82) is 0 Å². The van der Waals surface area contributed by atoms with Gasteiger partial charge in [0.05, 0.1) is 0 Å². The largest absolute Gasteiger partial charge is 0.344 e. The summed E-state index contributed by atoms with van der Waals surface area (Å²) in [5.41, 5.74) is 0. The molecule has 9 heavy (non-hydrogen) atoms. The van der Waals surface area contributed by atoms with Gasteiger partial charge in [0, 0.05) is 16.1 Å². The van der Waals surface area contributed by atoms with E-state index in [2.05, 4.69) is 16.1 Å². The van der Waals surface area contributed by atoms with Gasteiger partial charge in [-0.15, -0.1) is 3.45 Å². The van der Waals surface area contributed by atoms with Gasteiger partial charge in [0.25, 0.3) is 0 Å². The lowest BCUT2D eigenvalue weighted by molar-refractivity contribution is 0.348. The van der Waals surface area contributed by atoms with Gasteiger partial charge in [-0.05, 0) is 18.7 Å². The van der Waals surface area contributed by atoms with E-state index in [1.807, 2.05) is 0 Å². The summed E-state index contributed by atoms with van der Waals surface area (Å²) in [5.74, 6) is -1.00. The van der Waals surface area contributed by atoms with Gasteiger partial charge < -0.3 is 9.79 Å². The van der Waals surface area contributed by atoms with Crippen LogP contribution in [0.15, 0.2) is 0 Å². The lowest BCUT2D eigenvalue weighted by Crippen LogP contribution is -2.13. The Labute approximate surface area is 66.4 Å². The molecule has 1 unspecified atom stereocenters. The minimum absolute atomic E-state index is 0.772. The van der Waals surface area contributed by atoms with Gasteiger partial charge in [-0.2, -0.15) is 0 Å². The van der Waals surface area contributed by atoms with Gasteiger partial charge in [0.1, 0.15) is 5.78 Å². The first-order valence-electron chi connectivity index (χ1n) is 2.01. The molecular weight excluding hydrogens is 232 g/mol. The molecule has 0 saturated heterocycles. The third-order valence-corrected chi connectivity index (χ3v) is 3.33. The first kappa shape index (κ1) is 9.88. The lowest BCUT2D eigenvalue weighted by Gasteiger charge is -2.15. The van der Waals surface area contributed by atoms with Crippen molar-refractivity contribution < 1.29 is 14.4 Å². The fourth-order valence-electron chi connectivity index (χ4n) is 0.114. The predicted octanol–water partition coefficient (Wildman–Crippen LogP) is 1.28. The molecule has 0 amide bonds. The van der Waals surface area contributed by atoms with Crippen molar-refractivity contribution in [3.05, 3.63) is 0 Å². The molecule has 0 heterocycles. The van der Waals surface area contributed by atoms with Gasteiger partial charge in [0.15, 0.2) is 0 Å². The summed E-state index contributed by atoms with van der Waals surface area (Å²) in [7, 11) is -4.07. The quantitative estimate of drug-likeness (QED) is 0.562. The molecule has 0 aliphatic carbocycles. The third kappa shape index (κ3) is 3.55. The van der Waals surface area contributed by atoms with Crippen molar-refractivity contribution in [2.75, 3.05) is 0 Å². The van der Waals surface area contributed by atoms with E-state index in [1.54, 1.807) is 0 Å². The maximum atomic E-state index is 10.3. The van der Waals surface area contributed by atoms with E-state index in [0.29, 0.717) is 0 Å². The summed E-state index contributed by atoms with van der Waals surface area (Å²) in [5, 5.41) is 0. The van der Waals surface area contributed by atoms with Crippen molar-refractivity contribution in [3.8, 4) is 0 Å². The summed E-state index contributed by atoms with van der Waals surface area (Å²) in [4.78, 5) is 16.8. The molecule has 1 atom stereocenters. The normalized spacial score (nSPS) is 16.2. The van der Waals surface area contributed by atoms with Crippen molar-refractivity contribution in [2.24, 2.45) is 0 Å². The van der Waals surface area contributed by atoms with Crippen LogP contribution in [0.1, 0.15) is 6.92 Å². The fraction of sp³-hybridized carbons (Fsp3) is 1.00. The van der Waals surface area contributed by atoms with Crippen molar-refractivity contribution in [2.45, 2.75) is 12.7 Å². The first-order valence-corrected chi connectivity index (χ1v) is 4.74. The van der Waals surface area contributed by atoms with Crippen LogP contribution in [0.25, 0.3) is 0 Å². The minimum Gasteiger partial charge on any atom is -0.323 e. The molecule has 2 N–H and O–H groups in total. The minimum atomic E-state index is -4.07. The Balaban J connectivity index is 4.05. The number of halogens is 2. The average Bonchev–Trinajstić information content (AvgIpc) is 1.62. The smallest absolute Gasteiger partial charge is 0.323 e. The molecule has 0 aromatic rings. The number of nitrogens with zero attached hydrogens (tertiary/aromatic N) is 1. The third-order valence-electron chi connectivity index (χ3n) is 0.769. The topological polar surface area (TPSA) is 60.8 Å². The maximum Gasteiger partial charge on any atom is 0.344 e. The molecule has 0 aliphatic heterocycles. The van der Waals surface area contributed by atoms with Gasteiger partial charge in [-0.1, -0.05) is 0 Å². The molecule has 0 fully saturated rings. The van der Waals surface area contributed by atoms with Crippen molar-refractivity contribution >= 4 is 35.5 Å². The van der Waals surface area contributed by atoms with Crippen LogP contribution in [0, 0.1) is 0 Å². The highest BCUT2D eigenvalue weighted by Crippen LogP contribution is 2.44. The highest BCUT2D eigenvalue weighted by molar-refractivity contribution is 9.08. The van der Waals surface area contributed by atoms with Crippen LogP contribution in [0.2, 0.25) is 0 Å². The summed E-state index contributed by atoms with van der Waals surface area (Å²) in [6.07, 6.45) is 0. The zero-order valence-electron chi connectivity index (χ0n) is 4.53. The predicted molar refractivity (Wildman–Crippen MR) is 38.1 cm³/mol. The van der Waals surface area contributed by atoms with E-state index >= 15 is 0 Å². The molecule has 0 aromatic heterocycles. The van der Waals surface area contributed by atoms with Gasteiger partial charge in [-0.25, -0.2) is 0 Å². The lowest BCUT2D eigenvalue weighted by atomic mass is 10.8. The summed E-state index contributed by atoms with van der Waals surface area (Å²) in [6, 6.07) is 0. The second kappa shape index (κ2) is 3.32. The average molecular weight is 238 g/mol. The Kier molecular flexibility index (Phi) is 3.65. The molecule has 0 radical (unpaired) electrons. The second-order valence-electron chi connectivity index (χ2n) is 1.48.